The number of ether oxygens (including phenoxy) is 2. The van der Waals surface area contributed by atoms with E-state index in [1.165, 1.54) is 0 Å². The Hall–Kier alpha value is -2.57. The lowest BCUT2D eigenvalue weighted by Gasteiger charge is -2.18. The van der Waals surface area contributed by atoms with E-state index < -0.39 is 0 Å². The molecule has 0 spiro atoms. The van der Waals surface area contributed by atoms with Gasteiger partial charge in [-0.15, -0.1) is 0 Å². The van der Waals surface area contributed by atoms with Gasteiger partial charge in [0.05, 0.1) is 19.1 Å². The van der Waals surface area contributed by atoms with Gasteiger partial charge in [0.25, 0.3) is 0 Å². The maximum absolute atomic E-state index is 12.3. The average Bonchev–Trinajstić information content (AvgIpc) is 3.17. The molecule has 1 atom stereocenters. The van der Waals surface area contributed by atoms with Gasteiger partial charge in [0, 0.05) is 19.5 Å². The zero-order chi connectivity index (χ0) is 17.8. The summed E-state index contributed by atoms with van der Waals surface area (Å²) in [6.45, 7) is 7.89. The number of benzene rings is 1. The zero-order valence-corrected chi connectivity index (χ0v) is 14.8. The summed E-state index contributed by atoms with van der Waals surface area (Å²) in [5.74, 6) is 2.61. The predicted molar refractivity (Wildman–Crippen MR) is 90.6 cm³/mol. The first-order valence-corrected chi connectivity index (χ1v) is 8.57. The zero-order valence-electron chi connectivity index (χ0n) is 14.8. The molecule has 0 N–H and O–H groups in total. The predicted octanol–water partition coefficient (Wildman–Crippen LogP) is 2.69. The summed E-state index contributed by atoms with van der Waals surface area (Å²) in [6.07, 6.45) is 0.400. The van der Waals surface area contributed by atoms with E-state index in [0.717, 1.165) is 11.3 Å². The van der Waals surface area contributed by atoms with Crippen LogP contribution >= 0.6 is 0 Å². The molecule has 2 heterocycles. The summed E-state index contributed by atoms with van der Waals surface area (Å²) in [6, 6.07) is 5.79. The van der Waals surface area contributed by atoms with Crippen LogP contribution in [0.25, 0.3) is 0 Å². The molecule has 1 aromatic carbocycles. The van der Waals surface area contributed by atoms with Crippen molar-refractivity contribution in [1.82, 2.24) is 15.0 Å². The fourth-order valence-corrected chi connectivity index (χ4v) is 2.98. The molecular weight excluding hydrogens is 322 g/mol. The van der Waals surface area contributed by atoms with Crippen molar-refractivity contribution >= 4 is 5.91 Å². The average molecular weight is 345 g/mol. The van der Waals surface area contributed by atoms with E-state index in [1.54, 1.807) is 6.92 Å². The monoisotopic (exact) mass is 345 g/mol. The molecule has 1 saturated heterocycles. The lowest BCUT2D eigenvalue weighted by Crippen LogP contribution is -2.24. The van der Waals surface area contributed by atoms with Crippen LogP contribution in [0.2, 0.25) is 0 Å². The highest BCUT2D eigenvalue weighted by Crippen LogP contribution is 2.31. The van der Waals surface area contributed by atoms with E-state index in [1.807, 2.05) is 36.9 Å². The second kappa shape index (κ2) is 7.55. The van der Waals surface area contributed by atoms with Crippen molar-refractivity contribution in [3.05, 3.63) is 35.5 Å². The van der Waals surface area contributed by atoms with Crippen LogP contribution in [-0.4, -0.2) is 40.7 Å². The van der Waals surface area contributed by atoms with Gasteiger partial charge < -0.3 is 18.9 Å². The summed E-state index contributed by atoms with van der Waals surface area (Å²) in [7, 11) is 0. The fourth-order valence-electron chi connectivity index (χ4n) is 2.98. The summed E-state index contributed by atoms with van der Waals surface area (Å²) in [4.78, 5) is 18.4. The molecule has 1 aliphatic rings. The van der Waals surface area contributed by atoms with Gasteiger partial charge in [-0.05, 0) is 38.5 Å². The SMILES string of the molecule is CCOc1ccc(CN2CC(c3nc(C)no3)CC2=O)cc1OCC. The lowest BCUT2D eigenvalue weighted by atomic mass is 10.1. The Kier molecular flexibility index (Phi) is 5.21. The number of aromatic nitrogens is 2. The molecule has 25 heavy (non-hydrogen) atoms. The van der Waals surface area contributed by atoms with Crippen LogP contribution in [0.1, 0.15) is 43.5 Å². The lowest BCUT2D eigenvalue weighted by molar-refractivity contribution is -0.128. The smallest absolute Gasteiger partial charge is 0.232 e. The Morgan fingerprint density at radius 1 is 1.24 bits per heavy atom. The van der Waals surface area contributed by atoms with E-state index in [2.05, 4.69) is 10.1 Å². The number of aryl methyl sites for hydroxylation is 1. The third-order valence-corrected chi connectivity index (χ3v) is 4.09. The molecule has 0 aliphatic carbocycles. The van der Waals surface area contributed by atoms with Gasteiger partial charge in [0.2, 0.25) is 11.8 Å². The van der Waals surface area contributed by atoms with Crippen LogP contribution in [0.15, 0.2) is 22.7 Å². The fraction of sp³-hybridized carbons (Fsp3) is 0.500. The number of rotatable bonds is 7. The molecule has 0 saturated carbocycles. The molecule has 1 fully saturated rings. The third kappa shape index (κ3) is 3.92. The Balaban J connectivity index is 1.71. The summed E-state index contributed by atoms with van der Waals surface area (Å²) >= 11 is 0. The van der Waals surface area contributed by atoms with Crippen LogP contribution < -0.4 is 9.47 Å². The summed E-state index contributed by atoms with van der Waals surface area (Å²) < 4.78 is 16.4. The molecule has 1 aliphatic heterocycles. The van der Waals surface area contributed by atoms with Gasteiger partial charge in [-0.25, -0.2) is 0 Å². The van der Waals surface area contributed by atoms with E-state index in [-0.39, 0.29) is 11.8 Å². The van der Waals surface area contributed by atoms with Gasteiger partial charge in [0.15, 0.2) is 17.3 Å². The second-order valence-electron chi connectivity index (χ2n) is 6.00. The standard InChI is InChI=1S/C18H23N3O4/c1-4-23-15-7-6-13(8-16(15)24-5-2)10-21-11-14(9-17(21)22)18-19-12(3)20-25-18/h6-8,14H,4-5,9-11H2,1-3H3. The number of hydrogen-bond acceptors (Lipinski definition) is 6. The van der Waals surface area contributed by atoms with Gasteiger partial charge in [-0.2, -0.15) is 4.98 Å². The van der Waals surface area contributed by atoms with Crippen LogP contribution in [0.4, 0.5) is 0 Å². The summed E-state index contributed by atoms with van der Waals surface area (Å²) in [5.41, 5.74) is 1.00. The van der Waals surface area contributed by atoms with Gasteiger partial charge >= 0.3 is 0 Å². The maximum Gasteiger partial charge on any atom is 0.232 e. The highest BCUT2D eigenvalue weighted by Gasteiger charge is 2.34. The van der Waals surface area contributed by atoms with E-state index >= 15 is 0 Å². The second-order valence-corrected chi connectivity index (χ2v) is 6.00. The van der Waals surface area contributed by atoms with Gasteiger partial charge in [-0.1, -0.05) is 11.2 Å². The molecule has 3 rings (SSSR count). The number of carbonyl (C=O) groups is 1. The number of likely N-dealkylation sites (tertiary alicyclic amines) is 1. The van der Waals surface area contributed by atoms with Crippen LogP contribution in [0.3, 0.4) is 0 Å². The first kappa shape index (κ1) is 17.3. The quantitative estimate of drug-likeness (QED) is 0.768. The molecular formula is C18H23N3O4. The molecule has 1 unspecified atom stereocenters. The highest BCUT2D eigenvalue weighted by atomic mass is 16.5. The van der Waals surface area contributed by atoms with Crippen molar-refractivity contribution in [3.8, 4) is 11.5 Å². The third-order valence-electron chi connectivity index (χ3n) is 4.09. The van der Waals surface area contributed by atoms with Crippen molar-refractivity contribution < 1.29 is 18.8 Å². The molecule has 1 aromatic heterocycles. The highest BCUT2D eigenvalue weighted by molar-refractivity contribution is 5.79. The molecule has 0 radical (unpaired) electrons. The molecule has 7 nitrogen and oxygen atoms in total. The first-order chi connectivity index (χ1) is 12.1. The largest absolute Gasteiger partial charge is 0.490 e. The van der Waals surface area contributed by atoms with Crippen LogP contribution in [0.5, 0.6) is 11.5 Å². The Labute approximate surface area is 146 Å². The van der Waals surface area contributed by atoms with E-state index in [4.69, 9.17) is 14.0 Å². The van der Waals surface area contributed by atoms with Crippen molar-refractivity contribution in [2.75, 3.05) is 19.8 Å². The first-order valence-electron chi connectivity index (χ1n) is 8.57. The maximum atomic E-state index is 12.3. The van der Waals surface area contributed by atoms with E-state index in [9.17, 15) is 4.79 Å². The minimum absolute atomic E-state index is 0.0391. The number of amides is 1. The van der Waals surface area contributed by atoms with Crippen LogP contribution in [0, 0.1) is 6.92 Å². The Bertz CT molecular complexity index is 744. The topological polar surface area (TPSA) is 77.7 Å². The van der Waals surface area contributed by atoms with Crippen molar-refractivity contribution in [1.29, 1.82) is 0 Å². The molecule has 7 heteroatoms. The minimum Gasteiger partial charge on any atom is -0.490 e. The van der Waals surface area contributed by atoms with Crippen LogP contribution in [-0.2, 0) is 11.3 Å². The molecule has 1 amide bonds. The van der Waals surface area contributed by atoms with E-state index in [0.29, 0.717) is 50.2 Å². The van der Waals surface area contributed by atoms with Crippen molar-refractivity contribution in [2.24, 2.45) is 0 Å². The Morgan fingerprint density at radius 2 is 2.00 bits per heavy atom. The number of hydrogen-bond donors (Lipinski definition) is 0. The van der Waals surface area contributed by atoms with Crippen molar-refractivity contribution in [2.45, 2.75) is 39.7 Å². The van der Waals surface area contributed by atoms with Gasteiger partial charge in [0.1, 0.15) is 0 Å². The summed E-state index contributed by atoms with van der Waals surface area (Å²) in [5, 5.41) is 3.81. The normalized spacial score (nSPS) is 17.2. The Morgan fingerprint density at radius 3 is 2.68 bits per heavy atom. The van der Waals surface area contributed by atoms with Crippen molar-refractivity contribution in [3.63, 3.8) is 0 Å². The van der Waals surface area contributed by atoms with Gasteiger partial charge in [-0.3, -0.25) is 4.79 Å². The molecule has 2 aromatic rings. The number of nitrogens with zero attached hydrogens (tertiary/aromatic N) is 3. The minimum atomic E-state index is -0.0391. The molecule has 134 valence electrons. The number of carbonyl (C=O) groups excluding carboxylic acids is 1. The molecule has 0 bridgehead atoms.